The van der Waals surface area contributed by atoms with Gasteiger partial charge in [0.1, 0.15) is 0 Å². The molecule has 0 aromatic carbocycles. The van der Waals surface area contributed by atoms with Crippen LogP contribution in [-0.4, -0.2) is 17.0 Å². The predicted octanol–water partition coefficient (Wildman–Crippen LogP) is 2.71. The van der Waals surface area contributed by atoms with E-state index in [2.05, 4.69) is 11.9 Å². The highest BCUT2D eigenvalue weighted by Gasteiger charge is 2.34. The maximum absolute atomic E-state index is 6.15. The fourth-order valence-electron chi connectivity index (χ4n) is 1.87. The summed E-state index contributed by atoms with van der Waals surface area (Å²) >= 11 is 6.15. The molecule has 2 atom stereocenters. The number of hydrogen-bond donors (Lipinski definition) is 0. The molecule has 0 aliphatic carbocycles. The van der Waals surface area contributed by atoms with Crippen LogP contribution in [0.3, 0.4) is 0 Å². The summed E-state index contributed by atoms with van der Waals surface area (Å²) in [6.07, 6.45) is 5.43. The molecule has 3 heteroatoms. The topological polar surface area (TPSA) is 22.1 Å². The molecule has 2 unspecified atom stereocenters. The van der Waals surface area contributed by atoms with Crippen LogP contribution in [-0.2, 0) is 10.3 Å². The fraction of sp³-hybridized carbons (Fsp3) is 0.545. The maximum atomic E-state index is 6.15. The second-order valence-electron chi connectivity index (χ2n) is 3.91. The van der Waals surface area contributed by atoms with E-state index >= 15 is 0 Å². The van der Waals surface area contributed by atoms with Gasteiger partial charge in [-0.3, -0.25) is 4.98 Å². The Morgan fingerprint density at radius 3 is 3.14 bits per heavy atom. The zero-order chi connectivity index (χ0) is 10.0. The summed E-state index contributed by atoms with van der Waals surface area (Å²) in [7, 11) is 0. The zero-order valence-electron chi connectivity index (χ0n) is 8.24. The highest BCUT2D eigenvalue weighted by atomic mass is 35.5. The van der Waals surface area contributed by atoms with Crippen LogP contribution in [0.25, 0.3) is 0 Å². The van der Waals surface area contributed by atoms with Crippen LogP contribution in [0.4, 0.5) is 0 Å². The third-order valence-electron chi connectivity index (χ3n) is 2.73. The number of aromatic nitrogens is 1. The summed E-state index contributed by atoms with van der Waals surface area (Å²) in [6.45, 7) is 2.82. The molecule has 76 valence electrons. The summed E-state index contributed by atoms with van der Waals surface area (Å²) in [6, 6.07) is 3.98. The van der Waals surface area contributed by atoms with Gasteiger partial charge >= 0.3 is 0 Å². The number of pyridine rings is 1. The van der Waals surface area contributed by atoms with Gasteiger partial charge in [0, 0.05) is 29.9 Å². The maximum Gasteiger partial charge on any atom is 0.0932 e. The lowest BCUT2D eigenvalue weighted by Gasteiger charge is -2.36. The van der Waals surface area contributed by atoms with Crippen molar-refractivity contribution < 1.29 is 4.74 Å². The molecule has 0 amide bonds. The van der Waals surface area contributed by atoms with Gasteiger partial charge < -0.3 is 4.74 Å². The molecule has 1 aliphatic heterocycles. The number of alkyl halides is 1. The van der Waals surface area contributed by atoms with E-state index in [4.69, 9.17) is 16.3 Å². The summed E-state index contributed by atoms with van der Waals surface area (Å²) in [5.74, 6) is 0. The fourth-order valence-corrected chi connectivity index (χ4v) is 2.26. The minimum Gasteiger partial charge on any atom is -0.370 e. The molecule has 1 aromatic heterocycles. The molecule has 2 rings (SSSR count). The Bertz CT molecular complexity index is 303. The number of halogens is 1. The van der Waals surface area contributed by atoms with E-state index in [0.29, 0.717) is 0 Å². The molecular weight excluding hydrogens is 198 g/mol. The summed E-state index contributed by atoms with van der Waals surface area (Å²) in [5.41, 5.74) is 0.865. The van der Waals surface area contributed by atoms with E-state index in [9.17, 15) is 0 Å². The smallest absolute Gasteiger partial charge is 0.0932 e. The normalized spacial score (nSPS) is 32.9. The van der Waals surface area contributed by atoms with Gasteiger partial charge in [-0.1, -0.05) is 6.07 Å². The summed E-state index contributed by atoms with van der Waals surface area (Å²) < 4.78 is 5.80. The highest BCUT2D eigenvalue weighted by molar-refractivity contribution is 6.20. The van der Waals surface area contributed by atoms with Crippen LogP contribution in [0.5, 0.6) is 0 Å². The number of nitrogens with zero attached hydrogens (tertiary/aromatic N) is 1. The van der Waals surface area contributed by atoms with Crippen molar-refractivity contribution in [2.75, 3.05) is 6.61 Å². The van der Waals surface area contributed by atoms with Crippen molar-refractivity contribution in [3.63, 3.8) is 0 Å². The van der Waals surface area contributed by atoms with Crippen LogP contribution < -0.4 is 0 Å². The molecule has 0 saturated carbocycles. The van der Waals surface area contributed by atoms with Crippen molar-refractivity contribution in [1.29, 1.82) is 0 Å². The van der Waals surface area contributed by atoms with E-state index < -0.39 is 0 Å². The van der Waals surface area contributed by atoms with Gasteiger partial charge in [-0.05, 0) is 25.8 Å². The number of ether oxygens (including phenoxy) is 1. The summed E-state index contributed by atoms with van der Waals surface area (Å²) in [4.78, 5) is 4.11. The first-order chi connectivity index (χ1) is 6.71. The first-order valence-electron chi connectivity index (χ1n) is 4.89. The summed E-state index contributed by atoms with van der Waals surface area (Å²) in [5, 5.41) is 0.217. The molecule has 1 aliphatic rings. The molecule has 0 radical (unpaired) electrons. The van der Waals surface area contributed by atoms with E-state index in [1.165, 1.54) is 0 Å². The van der Waals surface area contributed by atoms with E-state index in [0.717, 1.165) is 25.0 Å². The molecule has 1 fully saturated rings. The molecule has 1 aromatic rings. The van der Waals surface area contributed by atoms with Crippen LogP contribution in [0.2, 0.25) is 0 Å². The third kappa shape index (κ3) is 1.91. The quantitative estimate of drug-likeness (QED) is 0.667. The van der Waals surface area contributed by atoms with Gasteiger partial charge in [0.2, 0.25) is 0 Å². The van der Waals surface area contributed by atoms with E-state index in [-0.39, 0.29) is 11.0 Å². The third-order valence-corrected chi connectivity index (χ3v) is 3.11. The van der Waals surface area contributed by atoms with Crippen LogP contribution in [0.15, 0.2) is 24.5 Å². The number of rotatable bonds is 1. The Morgan fingerprint density at radius 2 is 2.50 bits per heavy atom. The first-order valence-corrected chi connectivity index (χ1v) is 5.33. The second kappa shape index (κ2) is 3.87. The molecular formula is C11H14ClNO. The van der Waals surface area contributed by atoms with Crippen LogP contribution in [0, 0.1) is 0 Å². The molecule has 0 spiro atoms. The minimum atomic E-state index is -0.251. The average molecular weight is 212 g/mol. The standard InChI is InChI=1S/C11H14ClNO/c1-11(7-10(12)4-6-14-11)9-3-2-5-13-8-9/h2-3,5,8,10H,4,6-7H2,1H3. The van der Waals surface area contributed by atoms with Crippen LogP contribution in [0.1, 0.15) is 25.3 Å². The lowest BCUT2D eigenvalue weighted by molar-refractivity contribution is -0.0686. The molecule has 2 heterocycles. The van der Waals surface area contributed by atoms with Crippen molar-refractivity contribution in [2.45, 2.75) is 30.7 Å². The predicted molar refractivity (Wildman–Crippen MR) is 56.4 cm³/mol. The molecule has 0 bridgehead atoms. The van der Waals surface area contributed by atoms with Crippen molar-refractivity contribution >= 4 is 11.6 Å². The first kappa shape index (κ1) is 9.94. The second-order valence-corrected chi connectivity index (χ2v) is 4.53. The molecule has 14 heavy (non-hydrogen) atoms. The minimum absolute atomic E-state index is 0.217. The Balaban J connectivity index is 2.23. The van der Waals surface area contributed by atoms with Crippen molar-refractivity contribution in [1.82, 2.24) is 4.98 Å². The molecule has 0 N–H and O–H groups in total. The molecule has 1 saturated heterocycles. The van der Waals surface area contributed by atoms with Gasteiger partial charge in [-0.2, -0.15) is 0 Å². The van der Waals surface area contributed by atoms with Crippen LogP contribution >= 0.6 is 11.6 Å². The van der Waals surface area contributed by atoms with E-state index in [1.807, 2.05) is 18.3 Å². The highest BCUT2D eigenvalue weighted by Crippen LogP contribution is 2.36. The molecule has 2 nitrogen and oxygen atoms in total. The monoisotopic (exact) mass is 211 g/mol. The van der Waals surface area contributed by atoms with E-state index in [1.54, 1.807) is 6.20 Å². The van der Waals surface area contributed by atoms with Crippen molar-refractivity contribution in [3.05, 3.63) is 30.1 Å². The van der Waals surface area contributed by atoms with Gasteiger partial charge in [-0.15, -0.1) is 11.6 Å². The lowest BCUT2D eigenvalue weighted by atomic mass is 9.89. The average Bonchev–Trinajstić information content (AvgIpc) is 2.19. The van der Waals surface area contributed by atoms with Gasteiger partial charge in [0.05, 0.1) is 5.60 Å². The number of hydrogen-bond acceptors (Lipinski definition) is 2. The lowest BCUT2D eigenvalue weighted by Crippen LogP contribution is -2.35. The Hall–Kier alpha value is -0.600. The Labute approximate surface area is 89.3 Å². The largest absolute Gasteiger partial charge is 0.370 e. The zero-order valence-corrected chi connectivity index (χ0v) is 9.00. The van der Waals surface area contributed by atoms with Crippen molar-refractivity contribution in [2.24, 2.45) is 0 Å². The Kier molecular flexibility index (Phi) is 2.75. The van der Waals surface area contributed by atoms with Gasteiger partial charge in [0.25, 0.3) is 0 Å². The Morgan fingerprint density at radius 1 is 1.64 bits per heavy atom. The van der Waals surface area contributed by atoms with Crippen molar-refractivity contribution in [3.8, 4) is 0 Å². The van der Waals surface area contributed by atoms with Gasteiger partial charge in [-0.25, -0.2) is 0 Å². The SMILES string of the molecule is CC1(c2cccnc2)CC(Cl)CCO1. The van der Waals surface area contributed by atoms with Gasteiger partial charge in [0.15, 0.2) is 0 Å².